The molecule has 0 spiro atoms. The molecule has 156 valence electrons. The summed E-state index contributed by atoms with van der Waals surface area (Å²) in [4.78, 5) is 2.47. The lowest BCUT2D eigenvalue weighted by Gasteiger charge is -2.52. The third kappa shape index (κ3) is 2.74. The number of aryl methyl sites for hydroxylation is 1. The van der Waals surface area contributed by atoms with Gasteiger partial charge in [0, 0.05) is 31.6 Å². The smallest absolute Gasteiger partial charge is 0.142 e. The van der Waals surface area contributed by atoms with E-state index in [9.17, 15) is 5.11 Å². The molecule has 4 nitrogen and oxygen atoms in total. The minimum atomic E-state index is -0.922. The number of hydrogen-bond acceptors (Lipinski definition) is 4. The zero-order valence-electron chi connectivity index (χ0n) is 17.8. The van der Waals surface area contributed by atoms with Gasteiger partial charge in [-0.1, -0.05) is 12.8 Å². The van der Waals surface area contributed by atoms with Crippen LogP contribution in [0.4, 0.5) is 5.69 Å². The topological polar surface area (TPSA) is 44.7 Å². The van der Waals surface area contributed by atoms with Gasteiger partial charge in [0.25, 0.3) is 0 Å². The Hall–Kier alpha value is -1.70. The second-order valence-corrected chi connectivity index (χ2v) is 9.87. The molecule has 2 saturated carbocycles. The Bertz CT molecular complexity index is 840. The fourth-order valence-corrected chi connectivity index (χ4v) is 7.16. The second kappa shape index (κ2) is 6.93. The van der Waals surface area contributed by atoms with Crippen LogP contribution in [0.5, 0.6) is 5.75 Å². The molecular formula is C25H34N2O2. The number of aliphatic hydroxyl groups is 1. The number of hydrogen-bond donors (Lipinski definition) is 2. The van der Waals surface area contributed by atoms with Crippen LogP contribution < -0.4 is 15.0 Å². The molecule has 3 aliphatic carbocycles. The van der Waals surface area contributed by atoms with Crippen LogP contribution in [0.25, 0.3) is 0 Å². The van der Waals surface area contributed by atoms with Crippen molar-refractivity contribution in [2.75, 3.05) is 38.2 Å². The van der Waals surface area contributed by atoms with Gasteiger partial charge in [-0.2, -0.15) is 0 Å². The molecule has 0 radical (unpaired) electrons. The molecule has 2 N–H and O–H groups in total. The van der Waals surface area contributed by atoms with E-state index in [1.54, 1.807) is 7.11 Å². The predicted octanol–water partition coefficient (Wildman–Crippen LogP) is 3.33. The van der Waals surface area contributed by atoms with Gasteiger partial charge < -0.3 is 20.1 Å². The molecule has 29 heavy (non-hydrogen) atoms. The fraction of sp³-hybridized carbons (Fsp3) is 0.680. The third-order valence-corrected chi connectivity index (χ3v) is 8.87. The first-order valence-corrected chi connectivity index (χ1v) is 11.4. The number of methoxy groups -OCH3 is 1. The van der Waals surface area contributed by atoms with Gasteiger partial charge in [-0.15, -0.1) is 6.42 Å². The van der Waals surface area contributed by atoms with Crippen LogP contribution in [-0.4, -0.2) is 44.0 Å². The summed E-state index contributed by atoms with van der Waals surface area (Å²) in [5, 5.41) is 14.6. The molecule has 1 saturated heterocycles. The number of fused-ring (bicyclic) bond motifs is 5. The van der Waals surface area contributed by atoms with E-state index in [4.69, 9.17) is 11.2 Å². The lowest BCUT2D eigenvalue weighted by Crippen LogP contribution is -2.50. The first-order chi connectivity index (χ1) is 14.0. The van der Waals surface area contributed by atoms with Gasteiger partial charge in [0.2, 0.25) is 0 Å². The molecule has 1 aromatic carbocycles. The lowest BCUT2D eigenvalue weighted by atomic mass is 9.53. The number of benzene rings is 1. The molecule has 5 atom stereocenters. The Morgan fingerprint density at radius 1 is 1.21 bits per heavy atom. The summed E-state index contributed by atoms with van der Waals surface area (Å²) in [6.07, 6.45) is 12.1. The average Bonchev–Trinajstić information content (AvgIpc) is 3.04. The lowest BCUT2D eigenvalue weighted by molar-refractivity contribution is -0.0646. The molecule has 5 rings (SSSR count). The van der Waals surface area contributed by atoms with E-state index in [0.29, 0.717) is 17.8 Å². The van der Waals surface area contributed by atoms with Crippen molar-refractivity contribution >= 4 is 5.69 Å². The highest BCUT2D eigenvalue weighted by Gasteiger charge is 2.61. The molecule has 0 aromatic heterocycles. The monoisotopic (exact) mass is 394 g/mol. The van der Waals surface area contributed by atoms with Gasteiger partial charge in [0.1, 0.15) is 11.4 Å². The van der Waals surface area contributed by atoms with Crippen LogP contribution in [0.3, 0.4) is 0 Å². The Labute approximate surface area is 175 Å². The Balaban J connectivity index is 1.51. The summed E-state index contributed by atoms with van der Waals surface area (Å²) in [6, 6.07) is 4.75. The minimum absolute atomic E-state index is 0.131. The molecular weight excluding hydrogens is 360 g/mol. The van der Waals surface area contributed by atoms with Crippen molar-refractivity contribution in [3.8, 4) is 18.1 Å². The average molecular weight is 395 g/mol. The van der Waals surface area contributed by atoms with E-state index in [1.165, 1.54) is 23.2 Å². The van der Waals surface area contributed by atoms with E-state index in [0.717, 1.165) is 64.0 Å². The van der Waals surface area contributed by atoms with Gasteiger partial charge in [-0.3, -0.25) is 0 Å². The van der Waals surface area contributed by atoms with Gasteiger partial charge >= 0.3 is 0 Å². The van der Waals surface area contributed by atoms with Crippen molar-refractivity contribution < 1.29 is 9.84 Å². The number of piperazine rings is 1. The molecule has 0 amide bonds. The predicted molar refractivity (Wildman–Crippen MR) is 116 cm³/mol. The van der Waals surface area contributed by atoms with Gasteiger partial charge in [0.15, 0.2) is 0 Å². The first-order valence-electron chi connectivity index (χ1n) is 11.4. The molecule has 4 aliphatic rings. The highest BCUT2D eigenvalue weighted by Crippen LogP contribution is 2.64. The van der Waals surface area contributed by atoms with Gasteiger partial charge in [-0.05, 0) is 79.5 Å². The Morgan fingerprint density at radius 2 is 2.00 bits per heavy atom. The maximum Gasteiger partial charge on any atom is 0.142 e. The molecule has 4 heteroatoms. The van der Waals surface area contributed by atoms with Crippen molar-refractivity contribution in [1.29, 1.82) is 0 Å². The summed E-state index contributed by atoms with van der Waals surface area (Å²) >= 11 is 0. The molecule has 0 unspecified atom stereocenters. The van der Waals surface area contributed by atoms with Crippen LogP contribution in [0.1, 0.15) is 56.1 Å². The SMILES string of the molecule is C#C[C@]1(O)CC[C@H]2[C@@H]3CCc4cc(OC)c(N5CCNCC5)cc4[C@H]3CC[C@@]21C. The normalized spacial score (nSPS) is 38.6. The fourth-order valence-electron chi connectivity index (χ4n) is 7.16. The van der Waals surface area contributed by atoms with Crippen LogP contribution >= 0.6 is 0 Å². The highest BCUT2D eigenvalue weighted by molar-refractivity contribution is 5.63. The van der Waals surface area contributed by atoms with Crippen LogP contribution in [0.2, 0.25) is 0 Å². The first kappa shape index (κ1) is 19.3. The number of nitrogens with zero attached hydrogens (tertiary/aromatic N) is 1. The second-order valence-electron chi connectivity index (χ2n) is 9.87. The largest absolute Gasteiger partial charge is 0.495 e. The van der Waals surface area contributed by atoms with Gasteiger partial charge in [-0.25, -0.2) is 0 Å². The number of anilines is 1. The molecule has 1 aliphatic heterocycles. The van der Waals surface area contributed by atoms with Crippen molar-refractivity contribution in [3.05, 3.63) is 23.3 Å². The van der Waals surface area contributed by atoms with Crippen LogP contribution in [0, 0.1) is 29.6 Å². The minimum Gasteiger partial charge on any atom is -0.495 e. The third-order valence-electron chi connectivity index (χ3n) is 8.87. The standard InChI is InChI=1S/C25H34N2O2/c1-4-25(28)10-8-21-19-6-5-17-15-23(29-3)22(27-13-11-26-12-14-27)16-20(17)18(19)7-9-24(21,25)2/h1,15-16,18-19,21,26,28H,5-14H2,2-3H3/t18-,19+,21-,24-,25-/m0/s1. The summed E-state index contributed by atoms with van der Waals surface area (Å²) in [6.45, 7) is 6.36. The van der Waals surface area contributed by atoms with Crippen LogP contribution in [0.15, 0.2) is 12.1 Å². The Morgan fingerprint density at radius 3 is 2.72 bits per heavy atom. The molecule has 0 bridgehead atoms. The van der Waals surface area contributed by atoms with E-state index < -0.39 is 5.60 Å². The quantitative estimate of drug-likeness (QED) is 0.756. The van der Waals surface area contributed by atoms with Gasteiger partial charge in [0.05, 0.1) is 12.8 Å². The van der Waals surface area contributed by atoms with Crippen molar-refractivity contribution in [2.24, 2.45) is 17.3 Å². The zero-order valence-corrected chi connectivity index (χ0v) is 17.8. The molecule has 1 heterocycles. The number of ether oxygens (including phenoxy) is 1. The Kier molecular flexibility index (Phi) is 4.60. The van der Waals surface area contributed by atoms with E-state index in [1.807, 2.05) is 0 Å². The van der Waals surface area contributed by atoms with Crippen molar-refractivity contribution in [1.82, 2.24) is 5.32 Å². The maximum absolute atomic E-state index is 11.2. The summed E-state index contributed by atoms with van der Waals surface area (Å²) in [5.41, 5.74) is 3.21. The number of nitrogens with one attached hydrogen (secondary N) is 1. The molecule has 3 fully saturated rings. The number of terminal acetylenes is 1. The van der Waals surface area contributed by atoms with E-state index in [2.05, 4.69) is 35.2 Å². The number of rotatable bonds is 2. The van der Waals surface area contributed by atoms with Crippen molar-refractivity contribution in [2.45, 2.75) is 57.0 Å². The summed E-state index contributed by atoms with van der Waals surface area (Å²) in [7, 11) is 1.80. The summed E-state index contributed by atoms with van der Waals surface area (Å²) in [5.74, 6) is 5.56. The molecule has 1 aromatic rings. The highest BCUT2D eigenvalue weighted by atomic mass is 16.5. The summed E-state index contributed by atoms with van der Waals surface area (Å²) < 4.78 is 5.81. The van der Waals surface area contributed by atoms with Crippen LogP contribution in [-0.2, 0) is 6.42 Å². The maximum atomic E-state index is 11.2. The van der Waals surface area contributed by atoms with E-state index >= 15 is 0 Å². The van der Waals surface area contributed by atoms with E-state index in [-0.39, 0.29) is 5.41 Å². The zero-order chi connectivity index (χ0) is 20.2. The van der Waals surface area contributed by atoms with Crippen molar-refractivity contribution in [3.63, 3.8) is 0 Å².